The van der Waals surface area contributed by atoms with Crippen LogP contribution in [0.25, 0.3) is 0 Å². The van der Waals surface area contributed by atoms with Gasteiger partial charge in [0.15, 0.2) is 0 Å². The van der Waals surface area contributed by atoms with Gasteiger partial charge in [-0.3, -0.25) is 0 Å². The highest BCUT2D eigenvalue weighted by Gasteiger charge is 2.40. The topological polar surface area (TPSA) is 23.5 Å². The molecule has 0 spiro atoms. The molecule has 3 unspecified atom stereocenters. The summed E-state index contributed by atoms with van der Waals surface area (Å²) in [4.78, 5) is 2.42. The highest BCUT2D eigenvalue weighted by atomic mass is 19.1. The van der Waals surface area contributed by atoms with E-state index in [1.807, 2.05) is 0 Å². The van der Waals surface area contributed by atoms with Crippen molar-refractivity contribution in [2.24, 2.45) is 5.92 Å². The smallest absolute Gasteiger partial charge is 0.126 e. The molecule has 1 aromatic carbocycles. The van der Waals surface area contributed by atoms with Gasteiger partial charge in [-0.15, -0.1) is 0 Å². The fourth-order valence-electron chi connectivity index (χ4n) is 3.90. The number of halogens is 2. The number of hydrogen-bond acceptors (Lipinski definition) is 2. The third-order valence-corrected chi connectivity index (χ3v) is 5.05. The van der Waals surface area contributed by atoms with Crippen molar-refractivity contribution in [1.29, 1.82) is 0 Å². The van der Waals surface area contributed by atoms with Crippen molar-refractivity contribution in [2.75, 3.05) is 7.05 Å². The molecular weight excluding hydrogens is 260 g/mol. The van der Waals surface area contributed by atoms with E-state index in [0.717, 1.165) is 18.9 Å². The molecule has 2 aliphatic heterocycles. The first-order valence-corrected chi connectivity index (χ1v) is 7.38. The Balaban J connectivity index is 1.66. The van der Waals surface area contributed by atoms with Crippen LogP contribution in [-0.4, -0.2) is 35.2 Å². The summed E-state index contributed by atoms with van der Waals surface area (Å²) in [6.07, 6.45) is 4.23. The first-order chi connectivity index (χ1) is 9.52. The maximum Gasteiger partial charge on any atom is 0.126 e. The van der Waals surface area contributed by atoms with Crippen molar-refractivity contribution < 1.29 is 13.9 Å². The Morgan fingerprint density at radius 3 is 2.25 bits per heavy atom. The molecule has 0 amide bonds. The lowest BCUT2D eigenvalue weighted by Gasteiger charge is -2.38. The normalized spacial score (nSPS) is 31.5. The molecule has 110 valence electrons. The fraction of sp³-hybridized carbons (Fsp3) is 0.625. The number of hydrogen-bond donors (Lipinski definition) is 1. The summed E-state index contributed by atoms with van der Waals surface area (Å²) < 4.78 is 26.4. The number of fused-ring (bicyclic) bond motifs is 2. The van der Waals surface area contributed by atoms with Crippen molar-refractivity contribution in [1.82, 2.24) is 4.90 Å². The second kappa shape index (κ2) is 5.41. The van der Waals surface area contributed by atoms with Gasteiger partial charge in [0.1, 0.15) is 11.6 Å². The van der Waals surface area contributed by atoms with E-state index in [0.29, 0.717) is 24.1 Å². The molecule has 1 aromatic rings. The molecule has 3 rings (SSSR count). The van der Waals surface area contributed by atoms with Crippen molar-refractivity contribution in [2.45, 2.75) is 50.3 Å². The highest BCUT2D eigenvalue weighted by Crippen LogP contribution is 2.39. The summed E-state index contributed by atoms with van der Waals surface area (Å²) in [5.41, 5.74) is 0.543. The van der Waals surface area contributed by atoms with Gasteiger partial charge in [0.05, 0.1) is 6.10 Å². The molecule has 0 radical (unpaired) electrons. The Labute approximate surface area is 118 Å². The van der Waals surface area contributed by atoms with E-state index < -0.39 is 17.7 Å². The summed E-state index contributed by atoms with van der Waals surface area (Å²) in [7, 11) is 2.16. The number of rotatable bonds is 3. The average molecular weight is 281 g/mol. The number of aliphatic hydroxyl groups excluding tert-OH is 1. The van der Waals surface area contributed by atoms with Crippen LogP contribution < -0.4 is 0 Å². The third kappa shape index (κ3) is 2.72. The van der Waals surface area contributed by atoms with Gasteiger partial charge in [0.2, 0.25) is 0 Å². The number of piperidine rings is 1. The van der Waals surface area contributed by atoms with Crippen molar-refractivity contribution in [3.8, 4) is 0 Å². The maximum absolute atomic E-state index is 13.2. The van der Waals surface area contributed by atoms with Crippen LogP contribution in [-0.2, 0) is 6.42 Å². The van der Waals surface area contributed by atoms with Crippen LogP contribution in [0.4, 0.5) is 8.78 Å². The lowest BCUT2D eigenvalue weighted by Crippen LogP contribution is -2.43. The quantitative estimate of drug-likeness (QED) is 0.921. The van der Waals surface area contributed by atoms with Crippen LogP contribution in [0.1, 0.15) is 31.2 Å². The van der Waals surface area contributed by atoms with Crippen LogP contribution in [0.2, 0.25) is 0 Å². The van der Waals surface area contributed by atoms with E-state index in [-0.39, 0.29) is 5.92 Å². The van der Waals surface area contributed by atoms with Gasteiger partial charge < -0.3 is 10.0 Å². The minimum absolute atomic E-state index is 0.245. The van der Waals surface area contributed by atoms with Crippen LogP contribution in [0.3, 0.4) is 0 Å². The van der Waals surface area contributed by atoms with Crippen LogP contribution >= 0.6 is 0 Å². The molecule has 20 heavy (non-hydrogen) atoms. The lowest BCUT2D eigenvalue weighted by atomic mass is 9.84. The predicted molar refractivity (Wildman–Crippen MR) is 73.4 cm³/mol. The van der Waals surface area contributed by atoms with E-state index >= 15 is 0 Å². The Hall–Kier alpha value is -1.00. The molecule has 2 aliphatic rings. The van der Waals surface area contributed by atoms with Crippen LogP contribution in [0.5, 0.6) is 0 Å². The molecular formula is C16H21F2NO. The third-order valence-electron chi connectivity index (χ3n) is 5.05. The maximum atomic E-state index is 13.2. The van der Waals surface area contributed by atoms with Gasteiger partial charge in [0, 0.05) is 18.2 Å². The van der Waals surface area contributed by atoms with Gasteiger partial charge in [-0.25, -0.2) is 8.78 Å². The van der Waals surface area contributed by atoms with Gasteiger partial charge in [0.25, 0.3) is 0 Å². The van der Waals surface area contributed by atoms with Gasteiger partial charge >= 0.3 is 0 Å². The first kappa shape index (κ1) is 14.0. The Morgan fingerprint density at radius 2 is 1.70 bits per heavy atom. The van der Waals surface area contributed by atoms with Gasteiger partial charge in [-0.05, 0) is 62.8 Å². The Morgan fingerprint density at radius 1 is 1.15 bits per heavy atom. The molecule has 0 aliphatic carbocycles. The molecule has 2 fully saturated rings. The molecule has 4 heteroatoms. The van der Waals surface area contributed by atoms with Crippen LogP contribution in [0.15, 0.2) is 18.2 Å². The summed E-state index contributed by atoms with van der Waals surface area (Å²) >= 11 is 0. The molecule has 3 atom stereocenters. The first-order valence-electron chi connectivity index (χ1n) is 7.38. The highest BCUT2D eigenvalue weighted by molar-refractivity contribution is 5.19. The molecule has 1 N–H and O–H groups in total. The fourth-order valence-corrected chi connectivity index (χ4v) is 3.90. The second-order valence-corrected chi connectivity index (χ2v) is 6.33. The molecule has 2 heterocycles. The predicted octanol–water partition coefficient (Wildman–Crippen LogP) is 2.74. The molecule has 0 saturated carbocycles. The molecule has 2 saturated heterocycles. The summed E-state index contributed by atoms with van der Waals surface area (Å²) in [6.45, 7) is 0. The van der Waals surface area contributed by atoms with E-state index in [2.05, 4.69) is 11.9 Å². The standard InChI is InChI=1S/C16H21F2NO/c1-19-14-2-3-15(19)8-11(7-14)16(20)6-10-4-12(17)9-13(18)5-10/h4-5,9,11,14-16,20H,2-3,6-8H2,1H3. The lowest BCUT2D eigenvalue weighted by molar-refractivity contribution is 0.0367. The SMILES string of the molecule is CN1C2CCC1CC(C(O)Cc1cc(F)cc(F)c1)C2. The Kier molecular flexibility index (Phi) is 3.78. The number of aliphatic hydroxyl groups is 1. The van der Waals surface area contributed by atoms with Gasteiger partial charge in [-0.2, -0.15) is 0 Å². The minimum Gasteiger partial charge on any atom is -0.392 e. The Bertz CT molecular complexity index is 459. The minimum atomic E-state index is -0.573. The summed E-state index contributed by atoms with van der Waals surface area (Å²) in [6, 6.07) is 4.63. The van der Waals surface area contributed by atoms with Crippen molar-refractivity contribution in [3.05, 3.63) is 35.4 Å². The van der Waals surface area contributed by atoms with E-state index in [4.69, 9.17) is 0 Å². The zero-order valence-corrected chi connectivity index (χ0v) is 11.7. The number of benzene rings is 1. The van der Waals surface area contributed by atoms with E-state index in [1.54, 1.807) is 0 Å². The van der Waals surface area contributed by atoms with Crippen molar-refractivity contribution in [3.63, 3.8) is 0 Å². The zero-order valence-electron chi connectivity index (χ0n) is 11.7. The van der Waals surface area contributed by atoms with E-state index in [9.17, 15) is 13.9 Å². The molecule has 2 nitrogen and oxygen atoms in total. The second-order valence-electron chi connectivity index (χ2n) is 6.33. The summed E-state index contributed by atoms with van der Waals surface area (Å²) in [5.74, 6) is -0.902. The molecule has 0 aromatic heterocycles. The summed E-state index contributed by atoms with van der Waals surface area (Å²) in [5, 5.41) is 10.4. The van der Waals surface area contributed by atoms with Gasteiger partial charge in [-0.1, -0.05) is 0 Å². The largest absolute Gasteiger partial charge is 0.392 e. The molecule has 2 bridgehead atoms. The van der Waals surface area contributed by atoms with E-state index in [1.165, 1.54) is 25.0 Å². The van der Waals surface area contributed by atoms with Crippen molar-refractivity contribution >= 4 is 0 Å². The zero-order chi connectivity index (χ0) is 14.3. The number of nitrogens with zero attached hydrogens (tertiary/aromatic N) is 1. The average Bonchev–Trinajstić information content (AvgIpc) is 2.61. The monoisotopic (exact) mass is 281 g/mol. The van der Waals surface area contributed by atoms with Crippen LogP contribution in [0, 0.1) is 17.6 Å².